The summed E-state index contributed by atoms with van der Waals surface area (Å²) in [5, 5.41) is 0. The highest BCUT2D eigenvalue weighted by Gasteiger charge is 2.29. The molecule has 4 rings (SSSR count). The third kappa shape index (κ3) is 3.19. The van der Waals surface area contributed by atoms with E-state index in [4.69, 9.17) is 0 Å². The summed E-state index contributed by atoms with van der Waals surface area (Å²) in [7, 11) is 0. The predicted octanol–water partition coefficient (Wildman–Crippen LogP) is 5.24. The summed E-state index contributed by atoms with van der Waals surface area (Å²) in [5.41, 5.74) is 5.94. The Morgan fingerprint density at radius 3 is 2.69 bits per heavy atom. The van der Waals surface area contributed by atoms with Gasteiger partial charge in [-0.15, -0.1) is 0 Å². The molecule has 134 valence electrons. The molecule has 1 atom stereocenters. The molecule has 0 amide bonds. The van der Waals surface area contributed by atoms with E-state index in [-0.39, 0.29) is 11.9 Å². The largest absolute Gasteiger partial charge is 0.350 e. The van der Waals surface area contributed by atoms with Crippen LogP contribution in [0, 0.1) is 19.7 Å². The third-order valence-electron chi connectivity index (χ3n) is 5.41. The van der Waals surface area contributed by atoms with Gasteiger partial charge in [-0.25, -0.2) is 4.39 Å². The lowest BCUT2D eigenvalue weighted by molar-refractivity contribution is 0.217. The van der Waals surface area contributed by atoms with Crippen LogP contribution in [-0.4, -0.2) is 16.0 Å². The van der Waals surface area contributed by atoms with Crippen LogP contribution in [0.5, 0.6) is 0 Å². The van der Waals surface area contributed by atoms with Gasteiger partial charge in [0.25, 0.3) is 0 Å². The van der Waals surface area contributed by atoms with Crippen molar-refractivity contribution in [3.63, 3.8) is 0 Å². The van der Waals surface area contributed by atoms with Crippen molar-refractivity contribution in [1.82, 2.24) is 9.47 Å². The van der Waals surface area contributed by atoms with Gasteiger partial charge in [0.2, 0.25) is 0 Å². The normalized spacial score (nSPS) is 17.7. The molecule has 0 fully saturated rings. The zero-order valence-corrected chi connectivity index (χ0v) is 15.5. The van der Waals surface area contributed by atoms with Crippen LogP contribution in [0.3, 0.4) is 0 Å². The lowest BCUT2D eigenvalue weighted by Crippen LogP contribution is -2.30. The van der Waals surface area contributed by atoms with E-state index < -0.39 is 0 Å². The van der Waals surface area contributed by atoms with Crippen LogP contribution in [0.4, 0.5) is 4.39 Å². The standard InChI is InChI=1S/C23H25FN2/c1-17-10-11-18(2)20(15-17)23-22-9-5-12-25(22)13-6-14-26(23)16-19-7-3-4-8-21(19)24/h3-5,7-12,15,23H,6,13-14,16H2,1-2H3. The van der Waals surface area contributed by atoms with Crippen molar-refractivity contribution in [1.29, 1.82) is 0 Å². The lowest BCUT2D eigenvalue weighted by Gasteiger charge is -2.32. The molecule has 0 N–H and O–H groups in total. The van der Waals surface area contributed by atoms with Crippen LogP contribution in [0.15, 0.2) is 60.8 Å². The molecule has 2 aromatic carbocycles. The Morgan fingerprint density at radius 1 is 1.00 bits per heavy atom. The second-order valence-electron chi connectivity index (χ2n) is 7.30. The molecule has 1 aliphatic rings. The first-order valence-electron chi connectivity index (χ1n) is 9.33. The average Bonchev–Trinajstić information content (AvgIpc) is 3.01. The van der Waals surface area contributed by atoms with Crippen LogP contribution >= 0.6 is 0 Å². The lowest BCUT2D eigenvalue weighted by atomic mass is 9.95. The second-order valence-corrected chi connectivity index (χ2v) is 7.30. The summed E-state index contributed by atoms with van der Waals surface area (Å²) < 4.78 is 16.7. The summed E-state index contributed by atoms with van der Waals surface area (Å²) in [6.45, 7) is 6.90. The van der Waals surface area contributed by atoms with Gasteiger partial charge in [-0.2, -0.15) is 0 Å². The molecule has 26 heavy (non-hydrogen) atoms. The minimum atomic E-state index is -0.119. The molecule has 1 aliphatic heterocycles. The van der Waals surface area contributed by atoms with Crippen molar-refractivity contribution in [3.8, 4) is 0 Å². The first-order chi connectivity index (χ1) is 12.6. The number of aromatic nitrogens is 1. The number of nitrogens with zero attached hydrogens (tertiary/aromatic N) is 2. The van der Waals surface area contributed by atoms with Gasteiger partial charge in [0.1, 0.15) is 5.82 Å². The zero-order chi connectivity index (χ0) is 18.1. The van der Waals surface area contributed by atoms with Crippen LogP contribution in [-0.2, 0) is 13.1 Å². The van der Waals surface area contributed by atoms with Gasteiger partial charge in [0.15, 0.2) is 0 Å². The van der Waals surface area contributed by atoms with Gasteiger partial charge in [0.05, 0.1) is 6.04 Å². The number of benzene rings is 2. The van der Waals surface area contributed by atoms with Gasteiger partial charge < -0.3 is 4.57 Å². The maximum absolute atomic E-state index is 14.3. The molecule has 0 saturated carbocycles. The van der Waals surface area contributed by atoms with Crippen molar-refractivity contribution in [2.45, 2.75) is 39.4 Å². The molecule has 1 unspecified atom stereocenters. The molecule has 2 nitrogen and oxygen atoms in total. The van der Waals surface area contributed by atoms with Crippen molar-refractivity contribution in [2.75, 3.05) is 6.54 Å². The van der Waals surface area contributed by atoms with E-state index in [1.54, 1.807) is 12.1 Å². The molecule has 3 aromatic rings. The number of rotatable bonds is 3. The molecule has 0 aliphatic carbocycles. The van der Waals surface area contributed by atoms with E-state index in [0.717, 1.165) is 25.1 Å². The Kier molecular flexibility index (Phi) is 4.64. The predicted molar refractivity (Wildman–Crippen MR) is 104 cm³/mol. The summed E-state index contributed by atoms with van der Waals surface area (Å²) in [6.07, 6.45) is 3.23. The zero-order valence-electron chi connectivity index (χ0n) is 15.5. The van der Waals surface area contributed by atoms with Gasteiger partial charge in [-0.05, 0) is 49.6 Å². The van der Waals surface area contributed by atoms with Crippen molar-refractivity contribution < 1.29 is 4.39 Å². The smallest absolute Gasteiger partial charge is 0.127 e. The topological polar surface area (TPSA) is 8.17 Å². The van der Waals surface area contributed by atoms with E-state index in [1.807, 2.05) is 12.1 Å². The fourth-order valence-corrected chi connectivity index (χ4v) is 4.07. The molecule has 0 saturated heterocycles. The van der Waals surface area contributed by atoms with Gasteiger partial charge in [0, 0.05) is 37.1 Å². The van der Waals surface area contributed by atoms with E-state index in [2.05, 4.69) is 59.8 Å². The highest BCUT2D eigenvalue weighted by Crippen LogP contribution is 2.35. The van der Waals surface area contributed by atoms with Gasteiger partial charge >= 0.3 is 0 Å². The second kappa shape index (κ2) is 7.08. The Labute approximate surface area is 154 Å². The van der Waals surface area contributed by atoms with Gasteiger partial charge in [-0.1, -0.05) is 42.0 Å². The highest BCUT2D eigenvalue weighted by atomic mass is 19.1. The molecule has 1 aromatic heterocycles. The Morgan fingerprint density at radius 2 is 1.85 bits per heavy atom. The van der Waals surface area contributed by atoms with Crippen LogP contribution in [0.1, 0.15) is 40.4 Å². The monoisotopic (exact) mass is 348 g/mol. The van der Waals surface area contributed by atoms with E-state index >= 15 is 0 Å². The number of hydrogen-bond acceptors (Lipinski definition) is 1. The van der Waals surface area contributed by atoms with Crippen molar-refractivity contribution >= 4 is 0 Å². The summed E-state index contributed by atoms with van der Waals surface area (Å²) in [6, 6.07) is 18.3. The summed E-state index contributed by atoms with van der Waals surface area (Å²) >= 11 is 0. The fraction of sp³-hybridized carbons (Fsp3) is 0.304. The Balaban J connectivity index is 1.81. The first-order valence-corrected chi connectivity index (χ1v) is 9.33. The summed E-state index contributed by atoms with van der Waals surface area (Å²) in [5.74, 6) is -0.119. The average molecular weight is 348 g/mol. The summed E-state index contributed by atoms with van der Waals surface area (Å²) in [4.78, 5) is 2.43. The maximum atomic E-state index is 14.3. The SMILES string of the molecule is Cc1ccc(C)c(C2c3cccn3CCCN2Cc2ccccc2F)c1. The number of hydrogen-bond donors (Lipinski definition) is 0. The van der Waals surface area contributed by atoms with Crippen LogP contribution in [0.25, 0.3) is 0 Å². The minimum Gasteiger partial charge on any atom is -0.350 e. The van der Waals surface area contributed by atoms with Gasteiger partial charge in [-0.3, -0.25) is 4.90 Å². The molecule has 0 spiro atoms. The van der Waals surface area contributed by atoms with E-state index in [1.165, 1.54) is 22.4 Å². The third-order valence-corrected chi connectivity index (χ3v) is 5.41. The molecule has 3 heteroatoms. The molecule has 0 bridgehead atoms. The quantitative estimate of drug-likeness (QED) is 0.628. The fourth-order valence-electron chi connectivity index (χ4n) is 4.07. The first kappa shape index (κ1) is 17.0. The Hall–Kier alpha value is -2.39. The molecule has 0 radical (unpaired) electrons. The number of fused-ring (bicyclic) bond motifs is 1. The highest BCUT2D eigenvalue weighted by molar-refractivity contribution is 5.38. The maximum Gasteiger partial charge on any atom is 0.127 e. The minimum absolute atomic E-state index is 0.119. The van der Waals surface area contributed by atoms with E-state index in [9.17, 15) is 4.39 Å². The van der Waals surface area contributed by atoms with Crippen molar-refractivity contribution in [2.24, 2.45) is 0 Å². The molecular formula is C23H25FN2. The number of halogens is 1. The van der Waals surface area contributed by atoms with Crippen molar-refractivity contribution in [3.05, 3.63) is 94.6 Å². The van der Waals surface area contributed by atoms with Crippen LogP contribution in [0.2, 0.25) is 0 Å². The molecule has 2 heterocycles. The Bertz CT molecular complexity index is 912. The number of aryl methyl sites for hydroxylation is 3. The molecular weight excluding hydrogens is 323 g/mol. The van der Waals surface area contributed by atoms with E-state index in [0.29, 0.717) is 6.54 Å². The van der Waals surface area contributed by atoms with Crippen LogP contribution < -0.4 is 0 Å².